The zero-order chi connectivity index (χ0) is 13.0. The number of hydrogen-bond donors (Lipinski definition) is 1. The van der Waals surface area contributed by atoms with Crippen LogP contribution in [0.25, 0.3) is 0 Å². The van der Waals surface area contributed by atoms with E-state index in [1.54, 1.807) is 30.3 Å². The van der Waals surface area contributed by atoms with Crippen molar-refractivity contribution in [3.8, 4) is 11.6 Å². The van der Waals surface area contributed by atoms with Gasteiger partial charge in [-0.15, -0.1) is 0 Å². The van der Waals surface area contributed by atoms with E-state index in [1.165, 1.54) is 19.4 Å². The number of carbonyl (C=O) groups excluding carboxylic acids is 1. The average Bonchev–Trinajstić information content (AvgIpc) is 2.41. The summed E-state index contributed by atoms with van der Waals surface area (Å²) in [6.07, 6.45) is 1.49. The number of pyridine rings is 1. The lowest BCUT2D eigenvalue weighted by Gasteiger charge is -2.06. The van der Waals surface area contributed by atoms with Gasteiger partial charge in [0.2, 0.25) is 5.88 Å². The van der Waals surface area contributed by atoms with Gasteiger partial charge in [-0.2, -0.15) is 0 Å². The molecule has 0 aliphatic rings. The molecule has 2 aromatic rings. The zero-order valence-corrected chi connectivity index (χ0v) is 9.79. The number of methoxy groups -OCH3 is 1. The number of nitrogens with two attached hydrogens (primary N) is 1. The molecule has 2 rings (SSSR count). The summed E-state index contributed by atoms with van der Waals surface area (Å²) in [4.78, 5) is 15.4. The van der Waals surface area contributed by atoms with Crippen molar-refractivity contribution in [2.75, 3.05) is 12.8 Å². The molecule has 1 heterocycles. The van der Waals surface area contributed by atoms with E-state index in [2.05, 4.69) is 9.72 Å². The molecule has 0 saturated heterocycles. The van der Waals surface area contributed by atoms with E-state index < -0.39 is 5.97 Å². The molecular weight excluding hydrogens is 232 g/mol. The summed E-state index contributed by atoms with van der Waals surface area (Å²) in [6, 6.07) is 9.96. The highest BCUT2D eigenvalue weighted by Gasteiger charge is 2.07. The van der Waals surface area contributed by atoms with Gasteiger partial charge in [-0.1, -0.05) is 0 Å². The predicted molar refractivity (Wildman–Crippen MR) is 66.5 cm³/mol. The minimum atomic E-state index is -0.431. The summed E-state index contributed by atoms with van der Waals surface area (Å²) >= 11 is 0. The van der Waals surface area contributed by atoms with Gasteiger partial charge < -0.3 is 15.2 Å². The smallest absolute Gasteiger partial charge is 0.338 e. The molecule has 0 amide bonds. The van der Waals surface area contributed by atoms with Crippen LogP contribution in [0.15, 0.2) is 42.6 Å². The van der Waals surface area contributed by atoms with E-state index in [0.29, 0.717) is 22.9 Å². The van der Waals surface area contributed by atoms with Gasteiger partial charge in [0, 0.05) is 18.0 Å². The molecule has 18 heavy (non-hydrogen) atoms. The molecule has 1 aromatic heterocycles. The molecule has 0 saturated carbocycles. The topological polar surface area (TPSA) is 74.4 Å². The van der Waals surface area contributed by atoms with Crippen LogP contribution in [0.5, 0.6) is 11.6 Å². The van der Waals surface area contributed by atoms with Crippen LogP contribution in [0.3, 0.4) is 0 Å². The Balaban J connectivity index is 2.19. The van der Waals surface area contributed by atoms with Crippen LogP contribution in [0.2, 0.25) is 0 Å². The molecule has 0 unspecified atom stereocenters. The fraction of sp³-hybridized carbons (Fsp3) is 0.0769. The van der Waals surface area contributed by atoms with Gasteiger partial charge in [0.05, 0.1) is 12.7 Å². The number of carbonyl (C=O) groups is 1. The van der Waals surface area contributed by atoms with E-state index >= 15 is 0 Å². The molecule has 0 radical (unpaired) electrons. The second-order valence-corrected chi connectivity index (χ2v) is 3.55. The molecule has 5 nitrogen and oxygen atoms in total. The lowest BCUT2D eigenvalue weighted by atomic mass is 10.2. The Morgan fingerprint density at radius 2 is 1.94 bits per heavy atom. The molecule has 0 atom stereocenters. The second-order valence-electron chi connectivity index (χ2n) is 3.55. The van der Waals surface area contributed by atoms with Crippen LogP contribution in [0, 0.1) is 0 Å². The van der Waals surface area contributed by atoms with Gasteiger partial charge >= 0.3 is 5.97 Å². The summed E-state index contributed by atoms with van der Waals surface area (Å²) in [6.45, 7) is 0. The normalized spacial score (nSPS) is 9.83. The Kier molecular flexibility index (Phi) is 3.43. The monoisotopic (exact) mass is 244 g/mol. The van der Waals surface area contributed by atoms with Gasteiger partial charge in [-0.05, 0) is 30.3 Å². The van der Waals surface area contributed by atoms with E-state index in [-0.39, 0.29) is 0 Å². The van der Waals surface area contributed by atoms with Gasteiger partial charge in [0.1, 0.15) is 5.75 Å². The third-order valence-corrected chi connectivity index (χ3v) is 2.26. The Labute approximate surface area is 104 Å². The molecule has 0 aliphatic heterocycles. The summed E-state index contributed by atoms with van der Waals surface area (Å²) in [5, 5.41) is 0. The Morgan fingerprint density at radius 3 is 2.61 bits per heavy atom. The maximum Gasteiger partial charge on any atom is 0.338 e. The van der Waals surface area contributed by atoms with Crippen molar-refractivity contribution in [1.29, 1.82) is 0 Å². The van der Waals surface area contributed by atoms with E-state index in [0.717, 1.165) is 0 Å². The molecule has 5 heteroatoms. The first-order valence-corrected chi connectivity index (χ1v) is 5.27. The number of hydrogen-bond acceptors (Lipinski definition) is 5. The van der Waals surface area contributed by atoms with Crippen LogP contribution in [-0.4, -0.2) is 18.1 Å². The van der Waals surface area contributed by atoms with Gasteiger partial charge in [-0.25, -0.2) is 9.78 Å². The number of ether oxygens (including phenoxy) is 2. The van der Waals surface area contributed by atoms with E-state index in [1.807, 2.05) is 0 Å². The lowest BCUT2D eigenvalue weighted by Crippen LogP contribution is -2.01. The number of anilines is 1. The maximum absolute atomic E-state index is 11.3. The Morgan fingerprint density at radius 1 is 1.22 bits per heavy atom. The van der Waals surface area contributed by atoms with Crippen LogP contribution in [-0.2, 0) is 4.74 Å². The molecular formula is C13H12N2O3. The first-order chi connectivity index (χ1) is 8.69. The number of nitrogen functional groups attached to an aromatic ring is 1. The zero-order valence-electron chi connectivity index (χ0n) is 9.79. The molecule has 0 fully saturated rings. The third kappa shape index (κ3) is 2.76. The summed E-state index contributed by atoms with van der Waals surface area (Å²) in [5.41, 5.74) is 6.61. The molecule has 0 bridgehead atoms. The van der Waals surface area contributed by atoms with Crippen molar-refractivity contribution in [3.05, 3.63) is 48.2 Å². The highest BCUT2D eigenvalue weighted by Crippen LogP contribution is 2.21. The van der Waals surface area contributed by atoms with Crippen molar-refractivity contribution in [3.63, 3.8) is 0 Å². The van der Waals surface area contributed by atoms with Crippen LogP contribution >= 0.6 is 0 Å². The number of nitrogens with zero attached hydrogens (tertiary/aromatic N) is 1. The molecule has 92 valence electrons. The van der Waals surface area contributed by atoms with Crippen LogP contribution in [0.4, 0.5) is 5.69 Å². The van der Waals surface area contributed by atoms with Gasteiger partial charge in [-0.3, -0.25) is 0 Å². The summed E-state index contributed by atoms with van der Waals surface area (Å²) in [7, 11) is 1.32. The summed E-state index contributed by atoms with van der Waals surface area (Å²) < 4.78 is 10.1. The first kappa shape index (κ1) is 11.9. The predicted octanol–water partition coefficient (Wildman–Crippen LogP) is 2.24. The molecule has 1 aromatic carbocycles. The SMILES string of the molecule is COC(=O)c1ccnc(Oc2ccc(N)cc2)c1. The van der Waals surface area contributed by atoms with E-state index in [9.17, 15) is 4.79 Å². The highest BCUT2D eigenvalue weighted by molar-refractivity contribution is 5.89. The maximum atomic E-state index is 11.3. The van der Waals surface area contributed by atoms with Crippen molar-refractivity contribution < 1.29 is 14.3 Å². The van der Waals surface area contributed by atoms with Crippen LogP contribution < -0.4 is 10.5 Å². The number of aromatic nitrogens is 1. The first-order valence-electron chi connectivity index (χ1n) is 5.27. The van der Waals surface area contributed by atoms with Crippen molar-refractivity contribution in [2.45, 2.75) is 0 Å². The number of rotatable bonds is 3. The van der Waals surface area contributed by atoms with Gasteiger partial charge in [0.25, 0.3) is 0 Å². The molecule has 0 aliphatic carbocycles. The minimum absolute atomic E-state index is 0.322. The molecule has 2 N–H and O–H groups in total. The fourth-order valence-corrected chi connectivity index (χ4v) is 1.37. The molecule has 0 spiro atoms. The highest BCUT2D eigenvalue weighted by atomic mass is 16.5. The quantitative estimate of drug-likeness (QED) is 0.662. The fourth-order valence-electron chi connectivity index (χ4n) is 1.37. The number of benzene rings is 1. The second kappa shape index (κ2) is 5.18. The Bertz CT molecular complexity index is 552. The van der Waals surface area contributed by atoms with Crippen LogP contribution in [0.1, 0.15) is 10.4 Å². The van der Waals surface area contributed by atoms with E-state index in [4.69, 9.17) is 10.5 Å². The average molecular weight is 244 g/mol. The Hall–Kier alpha value is -2.56. The third-order valence-electron chi connectivity index (χ3n) is 2.26. The van der Waals surface area contributed by atoms with Gasteiger partial charge in [0.15, 0.2) is 0 Å². The van der Waals surface area contributed by atoms with Crippen molar-refractivity contribution >= 4 is 11.7 Å². The number of esters is 1. The van der Waals surface area contributed by atoms with Crippen molar-refractivity contribution in [1.82, 2.24) is 4.98 Å². The lowest BCUT2D eigenvalue weighted by molar-refractivity contribution is 0.0600. The van der Waals surface area contributed by atoms with Crippen molar-refractivity contribution in [2.24, 2.45) is 0 Å². The minimum Gasteiger partial charge on any atom is -0.465 e. The summed E-state index contributed by atoms with van der Waals surface area (Å²) in [5.74, 6) is 0.487. The largest absolute Gasteiger partial charge is 0.465 e. The standard InChI is InChI=1S/C13H12N2O3/c1-17-13(16)9-6-7-15-12(8-9)18-11-4-2-10(14)3-5-11/h2-8H,14H2,1H3.